The van der Waals surface area contributed by atoms with Crippen molar-refractivity contribution in [1.82, 2.24) is 5.32 Å². The Balaban J connectivity index is 1.67. The molecule has 0 spiro atoms. The standard InChI is InChI=1S/C26H25NO3/c1-30-25(29)20-15-16-23(24(20)28)27-26(17-9-3-2-4-10-17)21-13-7-5-11-18(21)19-12-6-8-14-22(19)26/h2-14,20,23-24,27-28H,15-16H2,1H3/t20-,23+,24-/m1/s1. The number of benzene rings is 3. The first-order chi connectivity index (χ1) is 14.7. The number of esters is 1. The number of fused-ring (bicyclic) bond motifs is 3. The summed E-state index contributed by atoms with van der Waals surface area (Å²) in [7, 11) is 1.38. The topological polar surface area (TPSA) is 58.6 Å². The molecule has 2 aliphatic carbocycles. The fourth-order valence-electron chi connectivity index (χ4n) is 5.30. The maximum atomic E-state index is 12.1. The highest BCUT2D eigenvalue weighted by molar-refractivity contribution is 5.83. The van der Waals surface area contributed by atoms with Gasteiger partial charge < -0.3 is 9.84 Å². The first-order valence-electron chi connectivity index (χ1n) is 10.5. The number of nitrogens with one attached hydrogen (secondary N) is 1. The highest BCUT2D eigenvalue weighted by atomic mass is 16.5. The lowest BCUT2D eigenvalue weighted by Crippen LogP contribution is -2.52. The monoisotopic (exact) mass is 399 g/mol. The lowest BCUT2D eigenvalue weighted by atomic mass is 9.79. The van der Waals surface area contributed by atoms with Crippen molar-refractivity contribution in [1.29, 1.82) is 0 Å². The van der Waals surface area contributed by atoms with Crippen molar-refractivity contribution in [2.24, 2.45) is 5.92 Å². The molecule has 0 unspecified atom stereocenters. The van der Waals surface area contributed by atoms with E-state index in [2.05, 4.69) is 66.0 Å². The van der Waals surface area contributed by atoms with E-state index >= 15 is 0 Å². The van der Waals surface area contributed by atoms with E-state index in [1.165, 1.54) is 29.4 Å². The molecule has 0 aliphatic heterocycles. The molecule has 3 atom stereocenters. The zero-order valence-corrected chi connectivity index (χ0v) is 16.9. The van der Waals surface area contributed by atoms with Gasteiger partial charge >= 0.3 is 5.97 Å². The summed E-state index contributed by atoms with van der Waals surface area (Å²) in [5.41, 5.74) is 5.27. The van der Waals surface area contributed by atoms with Crippen LogP contribution in [0.5, 0.6) is 0 Å². The second kappa shape index (κ2) is 7.38. The van der Waals surface area contributed by atoms with Crippen molar-refractivity contribution >= 4 is 5.97 Å². The maximum Gasteiger partial charge on any atom is 0.311 e. The average Bonchev–Trinajstić information content (AvgIpc) is 3.31. The normalized spacial score (nSPS) is 23.6. The predicted octanol–water partition coefficient (Wildman–Crippen LogP) is 3.86. The largest absolute Gasteiger partial charge is 0.469 e. The molecule has 2 aliphatic rings. The lowest BCUT2D eigenvalue weighted by molar-refractivity contribution is -0.148. The first-order valence-corrected chi connectivity index (χ1v) is 10.5. The van der Waals surface area contributed by atoms with Crippen LogP contribution in [0.4, 0.5) is 0 Å². The maximum absolute atomic E-state index is 12.1. The Morgan fingerprint density at radius 1 is 0.900 bits per heavy atom. The summed E-state index contributed by atoms with van der Waals surface area (Å²) in [6.07, 6.45) is 0.525. The van der Waals surface area contributed by atoms with E-state index in [9.17, 15) is 9.90 Å². The molecule has 4 heteroatoms. The molecule has 5 rings (SSSR count). The smallest absolute Gasteiger partial charge is 0.311 e. The van der Waals surface area contributed by atoms with Crippen molar-refractivity contribution in [3.05, 3.63) is 95.6 Å². The van der Waals surface area contributed by atoms with E-state index in [0.29, 0.717) is 12.8 Å². The molecule has 4 nitrogen and oxygen atoms in total. The van der Waals surface area contributed by atoms with Crippen molar-refractivity contribution in [2.45, 2.75) is 30.5 Å². The lowest BCUT2D eigenvalue weighted by Gasteiger charge is -2.38. The number of aliphatic hydroxyl groups is 1. The van der Waals surface area contributed by atoms with Crippen LogP contribution < -0.4 is 5.32 Å². The molecular formula is C26H25NO3. The van der Waals surface area contributed by atoms with Gasteiger partial charge in [-0.3, -0.25) is 10.1 Å². The number of methoxy groups -OCH3 is 1. The Labute approximate surface area is 176 Å². The van der Waals surface area contributed by atoms with Gasteiger partial charge in [0.15, 0.2) is 0 Å². The van der Waals surface area contributed by atoms with Gasteiger partial charge in [0.05, 0.1) is 24.7 Å². The number of hydrogen-bond donors (Lipinski definition) is 2. The molecule has 1 fully saturated rings. The van der Waals surface area contributed by atoms with Crippen LogP contribution in [0.1, 0.15) is 29.5 Å². The minimum atomic E-state index is -0.794. The van der Waals surface area contributed by atoms with Crippen molar-refractivity contribution in [2.75, 3.05) is 7.11 Å². The van der Waals surface area contributed by atoms with Crippen LogP contribution in [0, 0.1) is 5.92 Å². The Morgan fingerprint density at radius 3 is 2.07 bits per heavy atom. The van der Waals surface area contributed by atoms with Crippen LogP contribution in [-0.4, -0.2) is 30.3 Å². The molecule has 0 aromatic heterocycles. The number of aliphatic hydroxyl groups excluding tert-OH is 1. The number of carbonyl (C=O) groups is 1. The molecule has 3 aromatic rings. The van der Waals surface area contributed by atoms with Crippen molar-refractivity contribution in [3.8, 4) is 11.1 Å². The van der Waals surface area contributed by atoms with Crippen molar-refractivity contribution < 1.29 is 14.6 Å². The fraction of sp³-hybridized carbons (Fsp3) is 0.269. The summed E-state index contributed by atoms with van der Waals surface area (Å²) in [5, 5.41) is 14.8. The summed E-state index contributed by atoms with van der Waals surface area (Å²) >= 11 is 0. The summed E-state index contributed by atoms with van der Waals surface area (Å²) in [5.74, 6) is -0.833. The number of hydrogen-bond acceptors (Lipinski definition) is 4. The summed E-state index contributed by atoms with van der Waals surface area (Å²) < 4.78 is 4.92. The third-order valence-corrected chi connectivity index (χ3v) is 6.68. The SMILES string of the molecule is COC(=O)[C@@H]1CC[C@H](NC2(c3ccccc3)c3ccccc3-c3ccccc32)[C@@H]1O. The van der Waals surface area contributed by atoms with E-state index < -0.39 is 17.6 Å². The van der Waals surface area contributed by atoms with Gasteiger partial charge in [0.2, 0.25) is 0 Å². The molecule has 1 saturated carbocycles. The van der Waals surface area contributed by atoms with Crippen LogP contribution in [-0.2, 0) is 15.1 Å². The molecular weight excluding hydrogens is 374 g/mol. The van der Waals surface area contributed by atoms with Crippen LogP contribution >= 0.6 is 0 Å². The van der Waals surface area contributed by atoms with E-state index in [4.69, 9.17) is 4.74 Å². The Bertz CT molecular complexity index is 1030. The van der Waals surface area contributed by atoms with Gasteiger partial charge in [0, 0.05) is 6.04 Å². The van der Waals surface area contributed by atoms with Gasteiger partial charge in [-0.2, -0.15) is 0 Å². The molecule has 0 saturated heterocycles. The highest BCUT2D eigenvalue weighted by Crippen LogP contribution is 2.51. The summed E-state index contributed by atoms with van der Waals surface area (Å²) in [6, 6.07) is 27.0. The minimum absolute atomic E-state index is 0.228. The van der Waals surface area contributed by atoms with Crippen molar-refractivity contribution in [3.63, 3.8) is 0 Å². The molecule has 0 heterocycles. The number of ether oxygens (including phenoxy) is 1. The van der Waals surface area contributed by atoms with Gasteiger partial charge in [0.25, 0.3) is 0 Å². The number of carbonyl (C=O) groups excluding carboxylic acids is 1. The van der Waals surface area contributed by atoms with Crippen LogP contribution in [0.25, 0.3) is 11.1 Å². The van der Waals surface area contributed by atoms with E-state index in [1.54, 1.807) is 0 Å². The van der Waals surface area contributed by atoms with Crippen LogP contribution in [0.2, 0.25) is 0 Å². The molecule has 0 amide bonds. The highest BCUT2D eigenvalue weighted by Gasteiger charge is 2.49. The summed E-state index contributed by atoms with van der Waals surface area (Å²) in [4.78, 5) is 12.1. The van der Waals surface area contributed by atoms with Gasteiger partial charge in [0.1, 0.15) is 0 Å². The second-order valence-electron chi connectivity index (χ2n) is 8.16. The molecule has 30 heavy (non-hydrogen) atoms. The Morgan fingerprint density at radius 2 is 1.47 bits per heavy atom. The Hall–Kier alpha value is -2.95. The quantitative estimate of drug-likeness (QED) is 0.654. The van der Waals surface area contributed by atoms with Gasteiger partial charge in [-0.1, -0.05) is 78.9 Å². The summed E-state index contributed by atoms with van der Waals surface area (Å²) in [6.45, 7) is 0. The zero-order chi connectivity index (χ0) is 20.7. The van der Waals surface area contributed by atoms with E-state index in [0.717, 1.165) is 5.56 Å². The van der Waals surface area contributed by atoms with Gasteiger partial charge in [-0.25, -0.2) is 0 Å². The molecule has 2 N–H and O–H groups in total. The molecule has 152 valence electrons. The Kier molecular flexibility index (Phi) is 4.69. The third-order valence-electron chi connectivity index (χ3n) is 6.68. The molecule has 3 aromatic carbocycles. The molecule has 0 radical (unpaired) electrons. The van der Waals surface area contributed by atoms with E-state index in [1.807, 2.05) is 18.2 Å². The average molecular weight is 399 g/mol. The van der Waals surface area contributed by atoms with Gasteiger partial charge in [-0.05, 0) is 40.7 Å². The first kappa shape index (κ1) is 19.0. The minimum Gasteiger partial charge on any atom is -0.469 e. The number of rotatable bonds is 4. The van der Waals surface area contributed by atoms with Crippen LogP contribution in [0.3, 0.4) is 0 Å². The third kappa shape index (κ3) is 2.72. The predicted molar refractivity (Wildman–Crippen MR) is 116 cm³/mol. The van der Waals surface area contributed by atoms with Crippen LogP contribution in [0.15, 0.2) is 78.9 Å². The second-order valence-corrected chi connectivity index (χ2v) is 8.16. The van der Waals surface area contributed by atoms with E-state index in [-0.39, 0.29) is 12.0 Å². The zero-order valence-electron chi connectivity index (χ0n) is 16.9. The molecule has 0 bridgehead atoms. The fourth-order valence-corrected chi connectivity index (χ4v) is 5.30. The van der Waals surface area contributed by atoms with Gasteiger partial charge in [-0.15, -0.1) is 0 Å².